The molecule has 1 amide bonds. The van der Waals surface area contributed by atoms with E-state index in [-0.39, 0.29) is 11.7 Å². The lowest BCUT2D eigenvalue weighted by Crippen LogP contribution is -2.34. The van der Waals surface area contributed by atoms with Crippen LogP contribution in [0.1, 0.15) is 38.6 Å². The van der Waals surface area contributed by atoms with Gasteiger partial charge in [0.2, 0.25) is 17.6 Å². The summed E-state index contributed by atoms with van der Waals surface area (Å²) in [7, 11) is 4.64. The molecule has 2 aliphatic rings. The summed E-state index contributed by atoms with van der Waals surface area (Å²) in [4.78, 5) is 15.0. The monoisotopic (exact) mass is 461 g/mol. The van der Waals surface area contributed by atoms with Gasteiger partial charge in [0.1, 0.15) is 0 Å². The van der Waals surface area contributed by atoms with Crippen molar-refractivity contribution in [3.63, 3.8) is 0 Å². The lowest BCUT2D eigenvalue weighted by Gasteiger charge is -2.31. The first-order valence-electron chi connectivity index (χ1n) is 11.0. The molecule has 0 atom stereocenters. The summed E-state index contributed by atoms with van der Waals surface area (Å²) in [5, 5.41) is 12.6. The molecule has 1 aliphatic heterocycles. The lowest BCUT2D eigenvalue weighted by molar-refractivity contribution is -0.113. The van der Waals surface area contributed by atoms with Gasteiger partial charge in [0.25, 0.3) is 0 Å². The number of carbonyl (C=O) groups excluding carboxylic acids is 1. The van der Waals surface area contributed by atoms with E-state index in [0.29, 0.717) is 29.0 Å². The molecule has 1 saturated heterocycles. The van der Waals surface area contributed by atoms with Crippen LogP contribution in [0.4, 0.5) is 11.6 Å². The summed E-state index contributed by atoms with van der Waals surface area (Å²) < 4.78 is 18.3. The van der Waals surface area contributed by atoms with E-state index in [9.17, 15) is 4.79 Å². The molecular weight excluding hydrogens is 430 g/mol. The first-order chi connectivity index (χ1) is 15.5. The van der Waals surface area contributed by atoms with E-state index in [1.165, 1.54) is 24.6 Å². The second-order valence-corrected chi connectivity index (χ2v) is 9.25. The summed E-state index contributed by atoms with van der Waals surface area (Å²) in [6, 6.07) is 3.87. The molecule has 1 aromatic heterocycles. The Morgan fingerprint density at radius 1 is 1.06 bits per heavy atom. The number of piperidine rings is 1. The van der Waals surface area contributed by atoms with Gasteiger partial charge >= 0.3 is 0 Å². The highest BCUT2D eigenvalue weighted by molar-refractivity contribution is 7.99. The third-order valence-electron chi connectivity index (χ3n) is 5.91. The predicted molar refractivity (Wildman–Crippen MR) is 124 cm³/mol. The molecule has 1 saturated carbocycles. The van der Waals surface area contributed by atoms with Crippen LogP contribution in [-0.4, -0.2) is 60.8 Å². The van der Waals surface area contributed by atoms with E-state index in [1.54, 1.807) is 33.5 Å². The largest absolute Gasteiger partial charge is 0.493 e. The number of anilines is 2. The van der Waals surface area contributed by atoms with Crippen LogP contribution in [0.15, 0.2) is 17.3 Å². The molecule has 2 fully saturated rings. The average molecular weight is 462 g/mol. The molecule has 2 aromatic rings. The van der Waals surface area contributed by atoms with Gasteiger partial charge in [-0.25, -0.2) is 0 Å². The minimum absolute atomic E-state index is 0.136. The Morgan fingerprint density at radius 3 is 2.28 bits per heavy atom. The molecule has 1 N–H and O–H groups in total. The lowest BCUT2D eigenvalue weighted by atomic mass is 10.00. The van der Waals surface area contributed by atoms with Gasteiger partial charge in [-0.05, 0) is 31.6 Å². The van der Waals surface area contributed by atoms with Gasteiger partial charge in [-0.15, -0.1) is 10.2 Å². The quantitative estimate of drug-likeness (QED) is 0.567. The molecule has 1 aliphatic carbocycles. The van der Waals surface area contributed by atoms with Crippen molar-refractivity contribution in [2.24, 2.45) is 5.92 Å². The Morgan fingerprint density at radius 2 is 1.72 bits per heavy atom. The number of nitrogens with zero attached hydrogens (tertiary/aromatic N) is 4. The minimum Gasteiger partial charge on any atom is -0.493 e. The molecule has 0 spiro atoms. The Bertz CT molecular complexity index is 929. The number of amides is 1. The van der Waals surface area contributed by atoms with Crippen LogP contribution in [0.3, 0.4) is 0 Å². The summed E-state index contributed by atoms with van der Waals surface area (Å²) in [5.41, 5.74) is 0.580. The number of carbonyl (C=O) groups is 1. The molecule has 0 bridgehead atoms. The van der Waals surface area contributed by atoms with Crippen LogP contribution in [0, 0.1) is 5.92 Å². The van der Waals surface area contributed by atoms with Crippen molar-refractivity contribution in [3.8, 4) is 17.2 Å². The first-order valence-corrected chi connectivity index (χ1v) is 11.9. The number of ether oxygens (including phenoxy) is 3. The van der Waals surface area contributed by atoms with Crippen molar-refractivity contribution in [1.82, 2.24) is 14.8 Å². The molecule has 32 heavy (non-hydrogen) atoms. The highest BCUT2D eigenvalue weighted by atomic mass is 32.2. The Kier molecular flexibility index (Phi) is 6.98. The Hall–Kier alpha value is -2.62. The van der Waals surface area contributed by atoms with Gasteiger partial charge < -0.3 is 24.4 Å². The van der Waals surface area contributed by atoms with Crippen LogP contribution in [0.2, 0.25) is 0 Å². The summed E-state index contributed by atoms with van der Waals surface area (Å²) in [6.07, 6.45) is 4.63. The maximum absolute atomic E-state index is 12.7. The number of benzene rings is 1. The molecule has 0 unspecified atom stereocenters. The van der Waals surface area contributed by atoms with E-state index < -0.39 is 0 Å². The van der Waals surface area contributed by atoms with Crippen molar-refractivity contribution < 1.29 is 19.0 Å². The second-order valence-electron chi connectivity index (χ2n) is 8.30. The molecule has 1 aromatic carbocycles. The number of hydrogen-bond donors (Lipinski definition) is 1. The molecule has 10 heteroatoms. The molecule has 2 heterocycles. The molecule has 4 rings (SSSR count). The SMILES string of the molecule is COc1cc(NC(=O)CSc2nnc(N3CCC(C)CC3)n2C2CC2)cc(OC)c1OC. The molecule has 174 valence electrons. The maximum atomic E-state index is 12.7. The van der Waals surface area contributed by atoms with Crippen molar-refractivity contribution >= 4 is 29.3 Å². The van der Waals surface area contributed by atoms with Crippen LogP contribution >= 0.6 is 11.8 Å². The van der Waals surface area contributed by atoms with Crippen LogP contribution in [0.25, 0.3) is 0 Å². The Balaban J connectivity index is 1.42. The number of methoxy groups -OCH3 is 3. The van der Waals surface area contributed by atoms with Crippen molar-refractivity contribution in [2.45, 2.75) is 43.8 Å². The third-order valence-corrected chi connectivity index (χ3v) is 6.85. The van der Waals surface area contributed by atoms with Crippen molar-refractivity contribution in [3.05, 3.63) is 12.1 Å². The minimum atomic E-state index is -0.136. The number of thioether (sulfide) groups is 1. The van der Waals surface area contributed by atoms with Crippen molar-refractivity contribution in [2.75, 3.05) is 50.4 Å². The van der Waals surface area contributed by atoms with Crippen LogP contribution in [0.5, 0.6) is 17.2 Å². The van der Waals surface area contributed by atoms with E-state index in [2.05, 4.69) is 31.9 Å². The second kappa shape index (κ2) is 9.89. The fourth-order valence-corrected chi connectivity index (χ4v) is 4.73. The fraction of sp³-hybridized carbons (Fsp3) is 0.591. The standard InChI is InChI=1S/C22H31N5O4S/c1-14-7-9-26(10-8-14)21-24-25-22(27(21)16-5-6-16)32-13-19(28)23-15-11-17(29-2)20(31-4)18(12-15)30-3/h11-12,14,16H,5-10,13H2,1-4H3,(H,23,28). The fourth-order valence-electron chi connectivity index (χ4n) is 3.92. The summed E-state index contributed by atoms with van der Waals surface area (Å²) in [6.45, 7) is 4.33. The van der Waals surface area contributed by atoms with E-state index in [4.69, 9.17) is 14.2 Å². The zero-order valence-electron chi connectivity index (χ0n) is 19.1. The topological polar surface area (TPSA) is 90.7 Å². The van der Waals surface area contributed by atoms with Gasteiger partial charge in [-0.2, -0.15) is 0 Å². The van der Waals surface area contributed by atoms with E-state index in [1.807, 2.05) is 0 Å². The van der Waals surface area contributed by atoms with E-state index >= 15 is 0 Å². The molecule has 0 radical (unpaired) electrons. The van der Waals surface area contributed by atoms with Gasteiger partial charge in [-0.1, -0.05) is 18.7 Å². The normalized spacial score (nSPS) is 16.7. The van der Waals surface area contributed by atoms with E-state index in [0.717, 1.165) is 43.0 Å². The number of aromatic nitrogens is 3. The van der Waals surface area contributed by atoms with Crippen molar-refractivity contribution in [1.29, 1.82) is 0 Å². The number of nitrogens with one attached hydrogen (secondary N) is 1. The van der Waals surface area contributed by atoms with Crippen LogP contribution < -0.4 is 24.4 Å². The summed E-state index contributed by atoms with van der Waals surface area (Å²) >= 11 is 1.42. The number of rotatable bonds is 9. The predicted octanol–water partition coefficient (Wildman–Crippen LogP) is 3.61. The van der Waals surface area contributed by atoms with Gasteiger partial charge in [0.05, 0.1) is 27.1 Å². The van der Waals surface area contributed by atoms with Gasteiger partial charge in [0, 0.05) is 37.0 Å². The maximum Gasteiger partial charge on any atom is 0.234 e. The smallest absolute Gasteiger partial charge is 0.234 e. The van der Waals surface area contributed by atoms with Gasteiger partial charge in [-0.3, -0.25) is 9.36 Å². The molecule has 9 nitrogen and oxygen atoms in total. The third kappa shape index (κ3) is 4.90. The zero-order valence-corrected chi connectivity index (χ0v) is 19.9. The first kappa shape index (κ1) is 22.6. The average Bonchev–Trinajstić information content (AvgIpc) is 3.56. The Labute approximate surface area is 192 Å². The molecular formula is C22H31N5O4S. The summed E-state index contributed by atoms with van der Waals surface area (Å²) in [5.74, 6) is 3.27. The zero-order chi connectivity index (χ0) is 22.7. The highest BCUT2D eigenvalue weighted by Crippen LogP contribution is 2.42. The highest BCUT2D eigenvalue weighted by Gasteiger charge is 2.32. The number of hydrogen-bond acceptors (Lipinski definition) is 8. The van der Waals surface area contributed by atoms with Crippen LogP contribution in [-0.2, 0) is 4.79 Å². The van der Waals surface area contributed by atoms with Gasteiger partial charge in [0.15, 0.2) is 16.7 Å².